The number of halogens is 3. The molecular weight excluding hydrogens is 531 g/mol. The standard InChI is InChI=1S/C31H28F3N5O2/c32-31(33,34)22-3-1-2-21(14-22)29(10-11-29)20-6-4-18(5-7-20)25-26-27(35)36-12-13-38(26)28(37-25)19-8-9-30-15-23(30)41-17-24(40)39(30)16-19/h1-7,12-14,19,23H,8-11,15-17H2,(H2,35,36)/t19-,23?,30?/m0/s1. The summed E-state index contributed by atoms with van der Waals surface area (Å²) >= 11 is 0. The van der Waals surface area contributed by atoms with E-state index in [2.05, 4.69) is 4.98 Å². The molecule has 4 aliphatic rings. The molecule has 210 valence electrons. The maximum absolute atomic E-state index is 13.4. The molecule has 2 aliphatic carbocycles. The van der Waals surface area contributed by atoms with Gasteiger partial charge in [0.1, 0.15) is 29.5 Å². The SMILES string of the molecule is Nc1nccn2c([C@H]3CCC45CC4OCC(=O)N5C3)nc(-c3ccc(C4(c5cccc(C(F)(F)F)c5)CC4)cc3)c12. The Morgan fingerprint density at radius 2 is 1.85 bits per heavy atom. The average Bonchev–Trinajstić information content (AvgIpc) is 3.88. The minimum absolute atomic E-state index is 0.0380. The maximum Gasteiger partial charge on any atom is 0.416 e. The minimum Gasteiger partial charge on any atom is -0.382 e. The van der Waals surface area contributed by atoms with E-state index in [1.54, 1.807) is 12.3 Å². The summed E-state index contributed by atoms with van der Waals surface area (Å²) < 4.78 is 47.9. The molecule has 4 aromatic rings. The van der Waals surface area contributed by atoms with E-state index in [0.29, 0.717) is 29.1 Å². The monoisotopic (exact) mass is 559 g/mol. The molecule has 1 spiro atoms. The highest BCUT2D eigenvalue weighted by Gasteiger charge is 2.65. The number of carbonyl (C=O) groups is 1. The second kappa shape index (κ2) is 8.31. The maximum atomic E-state index is 13.4. The number of rotatable bonds is 4. The molecule has 3 atom stereocenters. The topological polar surface area (TPSA) is 85.8 Å². The molecule has 2 aromatic heterocycles. The number of hydrogen-bond donors (Lipinski definition) is 1. The Morgan fingerprint density at radius 3 is 2.61 bits per heavy atom. The van der Waals surface area contributed by atoms with E-state index in [1.807, 2.05) is 39.8 Å². The fourth-order valence-corrected chi connectivity index (χ4v) is 7.27. The number of benzene rings is 2. The second-order valence-electron chi connectivity index (χ2n) is 11.9. The number of morpholine rings is 1. The largest absolute Gasteiger partial charge is 0.416 e. The molecule has 0 bridgehead atoms. The van der Waals surface area contributed by atoms with Crippen molar-refractivity contribution in [3.05, 3.63) is 83.4 Å². The highest BCUT2D eigenvalue weighted by Crippen LogP contribution is 2.56. The molecule has 2 N–H and O–H groups in total. The first-order valence-electron chi connectivity index (χ1n) is 14.0. The summed E-state index contributed by atoms with van der Waals surface area (Å²) in [6.07, 6.45) is 3.57. The fraction of sp³-hybridized carbons (Fsp3) is 0.387. The van der Waals surface area contributed by atoms with Gasteiger partial charge in [-0.25, -0.2) is 9.97 Å². The van der Waals surface area contributed by atoms with Crippen LogP contribution in [0.5, 0.6) is 0 Å². The number of aromatic nitrogens is 3. The first-order chi connectivity index (χ1) is 19.7. The molecule has 2 unspecified atom stereocenters. The van der Waals surface area contributed by atoms with Crippen molar-refractivity contribution in [1.29, 1.82) is 0 Å². The minimum atomic E-state index is -4.38. The number of nitrogens with zero attached hydrogens (tertiary/aromatic N) is 4. The van der Waals surface area contributed by atoms with Gasteiger partial charge < -0.3 is 15.4 Å². The van der Waals surface area contributed by atoms with E-state index >= 15 is 0 Å². The van der Waals surface area contributed by atoms with Crippen molar-refractivity contribution in [3.8, 4) is 11.3 Å². The van der Waals surface area contributed by atoms with Crippen LogP contribution in [0.15, 0.2) is 60.9 Å². The van der Waals surface area contributed by atoms with Crippen molar-refractivity contribution in [2.75, 3.05) is 18.9 Å². The molecule has 10 heteroatoms. The van der Waals surface area contributed by atoms with E-state index in [9.17, 15) is 18.0 Å². The van der Waals surface area contributed by atoms with E-state index in [0.717, 1.165) is 55.1 Å². The molecule has 4 fully saturated rings. The number of amides is 1. The third kappa shape index (κ3) is 3.65. The van der Waals surface area contributed by atoms with Crippen molar-refractivity contribution in [1.82, 2.24) is 19.3 Å². The third-order valence-electron chi connectivity index (χ3n) is 9.73. The Labute approximate surface area is 234 Å². The number of alkyl halides is 3. The Kier molecular flexibility index (Phi) is 5.04. The summed E-state index contributed by atoms with van der Waals surface area (Å²) in [7, 11) is 0. The second-order valence-corrected chi connectivity index (χ2v) is 11.9. The van der Waals surface area contributed by atoms with Gasteiger partial charge in [-0.15, -0.1) is 0 Å². The normalized spacial score (nSPS) is 26.5. The summed E-state index contributed by atoms with van der Waals surface area (Å²) in [5, 5.41) is 0. The van der Waals surface area contributed by atoms with Gasteiger partial charge in [0.05, 0.1) is 17.2 Å². The molecule has 1 amide bonds. The third-order valence-corrected chi connectivity index (χ3v) is 9.73. The van der Waals surface area contributed by atoms with Crippen molar-refractivity contribution >= 4 is 17.2 Å². The molecule has 7 nitrogen and oxygen atoms in total. The van der Waals surface area contributed by atoms with Gasteiger partial charge in [-0.05, 0) is 42.9 Å². The zero-order valence-corrected chi connectivity index (χ0v) is 22.2. The zero-order valence-electron chi connectivity index (χ0n) is 22.2. The number of piperidine rings is 1. The predicted octanol–water partition coefficient (Wildman–Crippen LogP) is 5.32. The Bertz CT molecular complexity index is 1710. The molecule has 8 rings (SSSR count). The lowest BCUT2D eigenvalue weighted by Gasteiger charge is -2.42. The van der Waals surface area contributed by atoms with Crippen molar-refractivity contribution in [3.63, 3.8) is 0 Å². The quantitative estimate of drug-likeness (QED) is 0.366. The summed E-state index contributed by atoms with van der Waals surface area (Å²) in [5.74, 6) is 1.30. The number of carbonyl (C=O) groups excluding carboxylic acids is 1. The zero-order chi connectivity index (χ0) is 28.1. The molecule has 2 aromatic carbocycles. The summed E-state index contributed by atoms with van der Waals surface area (Å²) in [6, 6.07) is 13.6. The van der Waals surface area contributed by atoms with Gasteiger partial charge in [0.15, 0.2) is 0 Å². The Hall–Kier alpha value is -3.92. The Balaban J connectivity index is 1.14. The predicted molar refractivity (Wildman–Crippen MR) is 145 cm³/mol. The lowest BCUT2D eigenvalue weighted by Crippen LogP contribution is -2.54. The number of hydrogen-bond acceptors (Lipinski definition) is 5. The number of fused-ring (bicyclic) bond motifs is 1. The van der Waals surface area contributed by atoms with Crippen LogP contribution in [-0.2, 0) is 21.1 Å². The van der Waals surface area contributed by atoms with Gasteiger partial charge in [0.2, 0.25) is 5.91 Å². The van der Waals surface area contributed by atoms with E-state index in [1.165, 1.54) is 12.1 Å². The molecule has 0 radical (unpaired) electrons. The van der Waals surface area contributed by atoms with Crippen LogP contribution in [0, 0.1) is 0 Å². The molecule has 4 heterocycles. The highest BCUT2D eigenvalue weighted by molar-refractivity contribution is 5.85. The highest BCUT2D eigenvalue weighted by atomic mass is 19.4. The van der Waals surface area contributed by atoms with Gasteiger partial charge in [-0.3, -0.25) is 9.20 Å². The van der Waals surface area contributed by atoms with Crippen molar-refractivity contribution < 1.29 is 22.7 Å². The van der Waals surface area contributed by atoms with Gasteiger partial charge >= 0.3 is 6.18 Å². The van der Waals surface area contributed by atoms with E-state index in [4.69, 9.17) is 15.5 Å². The van der Waals surface area contributed by atoms with Crippen LogP contribution >= 0.6 is 0 Å². The summed E-state index contributed by atoms with van der Waals surface area (Å²) in [5.41, 5.74) is 9.16. The van der Waals surface area contributed by atoms with Crippen LogP contribution in [0.25, 0.3) is 16.8 Å². The first kappa shape index (κ1) is 24.8. The molecule has 2 saturated heterocycles. The smallest absolute Gasteiger partial charge is 0.382 e. The lowest BCUT2D eigenvalue weighted by molar-refractivity contribution is -0.151. The van der Waals surface area contributed by atoms with Crippen LogP contribution in [0.1, 0.15) is 60.5 Å². The van der Waals surface area contributed by atoms with Crippen LogP contribution in [0.3, 0.4) is 0 Å². The van der Waals surface area contributed by atoms with Gasteiger partial charge in [-0.2, -0.15) is 13.2 Å². The van der Waals surface area contributed by atoms with Gasteiger partial charge in [0, 0.05) is 42.3 Å². The number of anilines is 1. The Morgan fingerprint density at radius 1 is 1.05 bits per heavy atom. The molecular formula is C31H28F3N5O2. The molecule has 41 heavy (non-hydrogen) atoms. The van der Waals surface area contributed by atoms with Gasteiger partial charge in [-0.1, -0.05) is 42.5 Å². The van der Waals surface area contributed by atoms with Crippen LogP contribution in [0.2, 0.25) is 0 Å². The molecule has 2 aliphatic heterocycles. The molecule has 2 saturated carbocycles. The van der Waals surface area contributed by atoms with E-state index < -0.39 is 17.2 Å². The van der Waals surface area contributed by atoms with Crippen molar-refractivity contribution in [2.24, 2.45) is 0 Å². The van der Waals surface area contributed by atoms with Crippen LogP contribution in [-0.4, -0.2) is 50.0 Å². The average molecular weight is 560 g/mol. The van der Waals surface area contributed by atoms with E-state index in [-0.39, 0.29) is 30.1 Å². The van der Waals surface area contributed by atoms with Crippen molar-refractivity contribution in [2.45, 2.75) is 61.3 Å². The van der Waals surface area contributed by atoms with Gasteiger partial charge in [0.25, 0.3) is 0 Å². The van der Waals surface area contributed by atoms with Crippen LogP contribution < -0.4 is 5.73 Å². The van der Waals surface area contributed by atoms with Crippen LogP contribution in [0.4, 0.5) is 19.0 Å². The number of ether oxygens (including phenoxy) is 1. The summed E-state index contributed by atoms with van der Waals surface area (Å²) in [4.78, 5) is 24.2. The number of nitrogen functional groups attached to an aromatic ring is 1. The summed E-state index contributed by atoms with van der Waals surface area (Å²) in [6.45, 7) is 0.732. The first-order valence-corrected chi connectivity index (χ1v) is 14.0. The fourth-order valence-electron chi connectivity index (χ4n) is 7.27. The number of imidazole rings is 1. The lowest BCUT2D eigenvalue weighted by atomic mass is 9.86. The number of nitrogens with two attached hydrogens (primary N) is 1.